The summed E-state index contributed by atoms with van der Waals surface area (Å²) in [4.78, 5) is 7.12. The molecule has 4 aliphatic carbocycles. The van der Waals surface area contributed by atoms with Crippen molar-refractivity contribution in [1.82, 2.24) is 19.7 Å². The average molecular weight is 335 g/mol. The van der Waals surface area contributed by atoms with Crippen LogP contribution in [-0.2, 0) is 12.1 Å². The van der Waals surface area contributed by atoms with Crippen LogP contribution in [0.2, 0.25) is 0 Å². The van der Waals surface area contributed by atoms with Crippen LogP contribution in [0, 0.1) is 28.4 Å². The van der Waals surface area contributed by atoms with Crippen molar-refractivity contribution in [3.05, 3.63) is 10.6 Å². The molecule has 1 aromatic rings. The van der Waals surface area contributed by atoms with Crippen LogP contribution in [0.15, 0.2) is 0 Å². The van der Waals surface area contributed by atoms with Crippen molar-refractivity contribution in [3.63, 3.8) is 0 Å². The zero-order valence-corrected chi connectivity index (χ0v) is 15.7. The van der Waals surface area contributed by atoms with Gasteiger partial charge in [0.05, 0.1) is 6.67 Å². The lowest BCUT2D eigenvalue weighted by Crippen LogP contribution is -2.55. The SMILES string of the molecule is CN(Cn1[nH]c(C(C)(C)C)nc1=S)C1C2CC3CC(C2)CC1C3. The first-order chi connectivity index (χ1) is 10.8. The first-order valence-electron chi connectivity index (χ1n) is 9.19. The summed E-state index contributed by atoms with van der Waals surface area (Å²) in [5.41, 5.74) is 0.0139. The number of rotatable bonds is 3. The van der Waals surface area contributed by atoms with Gasteiger partial charge in [-0.25, -0.2) is 9.67 Å². The van der Waals surface area contributed by atoms with Crippen molar-refractivity contribution in [1.29, 1.82) is 0 Å². The van der Waals surface area contributed by atoms with E-state index < -0.39 is 0 Å². The van der Waals surface area contributed by atoms with E-state index in [2.05, 4.69) is 47.5 Å². The van der Waals surface area contributed by atoms with E-state index >= 15 is 0 Å². The zero-order chi connectivity index (χ0) is 16.4. The van der Waals surface area contributed by atoms with Crippen LogP contribution in [0.25, 0.3) is 0 Å². The Morgan fingerprint density at radius 2 is 1.70 bits per heavy atom. The Bertz CT molecular complexity index is 610. The second kappa shape index (κ2) is 5.41. The quantitative estimate of drug-likeness (QED) is 0.850. The summed E-state index contributed by atoms with van der Waals surface area (Å²) in [6, 6.07) is 0.742. The molecule has 1 N–H and O–H groups in total. The van der Waals surface area contributed by atoms with Crippen molar-refractivity contribution in [2.24, 2.45) is 23.7 Å². The van der Waals surface area contributed by atoms with Gasteiger partial charge in [0, 0.05) is 11.5 Å². The summed E-state index contributed by atoms with van der Waals surface area (Å²) >= 11 is 5.48. The van der Waals surface area contributed by atoms with Gasteiger partial charge in [0.25, 0.3) is 0 Å². The number of nitrogens with one attached hydrogen (secondary N) is 1. The highest BCUT2D eigenvalue weighted by molar-refractivity contribution is 7.71. The summed E-state index contributed by atoms with van der Waals surface area (Å²) in [5, 5.41) is 3.43. The van der Waals surface area contributed by atoms with Gasteiger partial charge in [-0.05, 0) is 75.0 Å². The number of H-pyrrole nitrogens is 1. The molecule has 0 spiro atoms. The molecule has 23 heavy (non-hydrogen) atoms. The second-order valence-corrected chi connectivity index (χ2v) is 9.72. The minimum absolute atomic E-state index is 0.0139. The summed E-state index contributed by atoms with van der Waals surface area (Å²) in [7, 11) is 2.28. The highest BCUT2D eigenvalue weighted by Crippen LogP contribution is 2.54. The number of aromatic amines is 1. The van der Waals surface area contributed by atoms with Gasteiger partial charge in [0.15, 0.2) is 0 Å². The first kappa shape index (κ1) is 15.8. The lowest BCUT2D eigenvalue weighted by atomic mass is 9.54. The van der Waals surface area contributed by atoms with Crippen molar-refractivity contribution in [2.75, 3.05) is 7.05 Å². The zero-order valence-electron chi connectivity index (χ0n) is 14.9. The Balaban J connectivity index is 1.51. The number of hydrogen-bond donors (Lipinski definition) is 1. The van der Waals surface area contributed by atoms with Crippen molar-refractivity contribution < 1.29 is 0 Å². The van der Waals surface area contributed by atoms with E-state index in [1.54, 1.807) is 0 Å². The normalized spacial score (nSPS) is 36.1. The highest BCUT2D eigenvalue weighted by Gasteiger charge is 2.49. The largest absolute Gasteiger partial charge is 0.284 e. The molecule has 0 aliphatic heterocycles. The molecule has 4 saturated carbocycles. The maximum atomic E-state index is 5.48. The van der Waals surface area contributed by atoms with Gasteiger partial charge in [-0.3, -0.25) is 10.00 Å². The molecule has 1 aromatic heterocycles. The van der Waals surface area contributed by atoms with Crippen LogP contribution in [0.4, 0.5) is 0 Å². The van der Waals surface area contributed by atoms with Gasteiger partial charge in [-0.2, -0.15) is 0 Å². The van der Waals surface area contributed by atoms with E-state index in [0.717, 1.165) is 42.2 Å². The summed E-state index contributed by atoms with van der Waals surface area (Å²) in [6.45, 7) is 7.36. The van der Waals surface area contributed by atoms with Crippen molar-refractivity contribution >= 4 is 12.2 Å². The fourth-order valence-corrected chi connectivity index (χ4v) is 5.92. The van der Waals surface area contributed by atoms with Gasteiger partial charge in [-0.15, -0.1) is 0 Å². The topological polar surface area (TPSA) is 36.9 Å². The minimum Gasteiger partial charge on any atom is -0.284 e. The molecule has 5 heteroatoms. The molecule has 0 aromatic carbocycles. The fraction of sp³-hybridized carbons (Fsp3) is 0.889. The molecular weight excluding hydrogens is 304 g/mol. The van der Waals surface area contributed by atoms with Crippen LogP contribution < -0.4 is 0 Å². The molecule has 5 rings (SSSR count). The molecule has 128 valence electrons. The molecule has 4 fully saturated rings. The maximum absolute atomic E-state index is 5.48. The minimum atomic E-state index is 0.0139. The van der Waals surface area contributed by atoms with Gasteiger partial charge in [0.1, 0.15) is 5.82 Å². The van der Waals surface area contributed by atoms with Crippen LogP contribution in [0.1, 0.15) is 58.7 Å². The maximum Gasteiger partial charge on any atom is 0.217 e. The third-order valence-corrected chi connectivity index (χ3v) is 6.75. The molecule has 0 atom stereocenters. The van der Waals surface area contributed by atoms with Crippen molar-refractivity contribution in [3.8, 4) is 0 Å². The van der Waals surface area contributed by atoms with Crippen LogP contribution in [-0.4, -0.2) is 32.8 Å². The summed E-state index contributed by atoms with van der Waals surface area (Å²) < 4.78 is 2.74. The van der Waals surface area contributed by atoms with Crippen molar-refractivity contribution in [2.45, 2.75) is 71.0 Å². The monoisotopic (exact) mass is 334 g/mol. The van der Waals surface area contributed by atoms with E-state index in [1.165, 1.54) is 32.1 Å². The smallest absolute Gasteiger partial charge is 0.217 e. The molecule has 0 saturated heterocycles. The molecule has 0 unspecified atom stereocenters. The van der Waals surface area contributed by atoms with E-state index in [1.807, 2.05) is 0 Å². The van der Waals surface area contributed by atoms with E-state index in [4.69, 9.17) is 12.2 Å². The number of aromatic nitrogens is 3. The van der Waals surface area contributed by atoms with Gasteiger partial charge in [0.2, 0.25) is 4.77 Å². The lowest BCUT2D eigenvalue weighted by molar-refractivity contribution is -0.0669. The average Bonchev–Trinajstić information content (AvgIpc) is 2.79. The Kier molecular flexibility index (Phi) is 3.73. The Hall–Kier alpha value is -0.680. The summed E-state index contributed by atoms with van der Waals surface area (Å²) in [6.07, 6.45) is 7.37. The van der Waals surface area contributed by atoms with Crippen LogP contribution >= 0.6 is 12.2 Å². The Morgan fingerprint density at radius 3 is 2.17 bits per heavy atom. The molecular formula is C18H30N4S. The van der Waals surface area contributed by atoms with E-state index in [0.29, 0.717) is 4.77 Å². The van der Waals surface area contributed by atoms with Gasteiger partial charge < -0.3 is 0 Å². The number of hydrogen-bond acceptors (Lipinski definition) is 3. The molecule has 4 aliphatic rings. The van der Waals surface area contributed by atoms with E-state index in [-0.39, 0.29) is 5.41 Å². The summed E-state index contributed by atoms with van der Waals surface area (Å²) in [5.74, 6) is 4.87. The van der Waals surface area contributed by atoms with Crippen LogP contribution in [0.5, 0.6) is 0 Å². The predicted octanol–water partition coefficient (Wildman–Crippen LogP) is 3.95. The fourth-order valence-electron chi connectivity index (χ4n) is 5.72. The standard InChI is InChI=1S/C18H30N4S/c1-18(2,3)16-19-17(23)22(20-16)10-21(4)15-13-6-11-5-12(8-13)9-14(15)7-11/h11-15H,5-10H2,1-4H3,(H,19,20,23). The number of nitrogens with zero attached hydrogens (tertiary/aromatic N) is 3. The molecule has 1 heterocycles. The molecule has 4 bridgehead atoms. The Morgan fingerprint density at radius 1 is 1.13 bits per heavy atom. The Labute approximate surface area is 144 Å². The second-order valence-electron chi connectivity index (χ2n) is 9.35. The lowest BCUT2D eigenvalue weighted by Gasteiger charge is -2.56. The van der Waals surface area contributed by atoms with Crippen LogP contribution in [0.3, 0.4) is 0 Å². The van der Waals surface area contributed by atoms with Gasteiger partial charge >= 0.3 is 0 Å². The molecule has 4 nitrogen and oxygen atoms in total. The molecule has 0 amide bonds. The third kappa shape index (κ3) is 2.80. The van der Waals surface area contributed by atoms with E-state index in [9.17, 15) is 0 Å². The third-order valence-electron chi connectivity index (χ3n) is 6.44. The predicted molar refractivity (Wildman–Crippen MR) is 94.7 cm³/mol. The first-order valence-corrected chi connectivity index (χ1v) is 9.59. The van der Waals surface area contributed by atoms with Gasteiger partial charge in [-0.1, -0.05) is 20.8 Å². The highest BCUT2D eigenvalue weighted by atomic mass is 32.1. The molecule has 0 radical (unpaired) electrons.